The molecule has 0 aliphatic heterocycles. The quantitative estimate of drug-likeness (QED) is 0.0887. The van der Waals surface area contributed by atoms with Gasteiger partial charge in [-0.15, -0.1) is 6.07 Å². The van der Waals surface area contributed by atoms with Gasteiger partial charge in [-0.1, -0.05) is 0 Å². The maximum absolute atomic E-state index is 12.0. The van der Waals surface area contributed by atoms with Gasteiger partial charge < -0.3 is 42.9 Å². The van der Waals surface area contributed by atoms with Crippen LogP contribution >= 0.6 is 0 Å². The molecule has 2 radical (unpaired) electrons. The second-order valence-corrected chi connectivity index (χ2v) is 2.69. The summed E-state index contributed by atoms with van der Waals surface area (Å²) in [7, 11) is 0. The third kappa shape index (κ3) is 31.7. The van der Waals surface area contributed by atoms with Crippen molar-refractivity contribution in [1.82, 2.24) is 0 Å². The molecular weight excluding hydrogens is 759 g/mol. The van der Waals surface area contributed by atoms with Crippen LogP contribution in [-0.2, 0) is 44.8 Å². The van der Waals surface area contributed by atoms with E-state index in [-0.39, 0.29) is 81.4 Å². The molecule has 0 atom stereocenters. The van der Waals surface area contributed by atoms with E-state index in [9.17, 15) is 48.3 Å². The first-order chi connectivity index (χ1) is 8.77. The van der Waals surface area contributed by atoms with E-state index >= 15 is 0 Å². The summed E-state index contributed by atoms with van der Waals surface area (Å²) in [5.74, 6) is -10.0. The minimum absolute atomic E-state index is 0. The molecular formula is C13H15Au2F11-6. The molecule has 172 valence electrons. The Morgan fingerprint density at radius 3 is 0.962 bits per heavy atom. The third-order valence-electron chi connectivity index (χ3n) is 0.990. The molecule has 0 saturated carbocycles. The van der Waals surface area contributed by atoms with E-state index < -0.39 is 41.9 Å². The minimum Gasteiger partial charge on any atom is -0.385 e. The van der Waals surface area contributed by atoms with Crippen molar-refractivity contribution in [2.75, 3.05) is 0 Å². The molecule has 0 amide bonds. The van der Waals surface area contributed by atoms with Crippen LogP contribution in [0.2, 0.25) is 0 Å². The monoisotopic (exact) mass is 774 g/mol. The van der Waals surface area contributed by atoms with Crippen molar-refractivity contribution in [3.8, 4) is 0 Å². The fourth-order valence-corrected chi connectivity index (χ4v) is 0.495. The summed E-state index contributed by atoms with van der Waals surface area (Å²) in [5.41, 5.74) is 0. The summed E-state index contributed by atoms with van der Waals surface area (Å²) in [6.07, 6.45) is -4.00. The van der Waals surface area contributed by atoms with Crippen LogP contribution in [0.25, 0.3) is 0 Å². The van der Waals surface area contributed by atoms with Gasteiger partial charge in [0.1, 0.15) is 0 Å². The molecule has 1 aromatic carbocycles. The predicted molar refractivity (Wildman–Crippen MR) is 69.0 cm³/mol. The first kappa shape index (κ1) is 50.1. The molecule has 0 aromatic heterocycles. The topological polar surface area (TPSA) is 0 Å². The first-order valence-corrected chi connectivity index (χ1v) is 4.08. The molecule has 26 heavy (non-hydrogen) atoms. The Morgan fingerprint density at radius 1 is 0.654 bits per heavy atom. The molecule has 0 aliphatic rings. The van der Waals surface area contributed by atoms with Crippen LogP contribution in [0.1, 0.15) is 6.92 Å². The predicted octanol–water partition coefficient (Wildman–Crippen LogP) is 6.89. The molecule has 0 aliphatic carbocycles. The van der Waals surface area contributed by atoms with Crippen molar-refractivity contribution in [2.24, 2.45) is 0 Å². The van der Waals surface area contributed by atoms with Gasteiger partial charge in [0, 0.05) is 51.7 Å². The summed E-state index contributed by atoms with van der Waals surface area (Å²) >= 11 is 0. The SMILES string of the molecule is CC(F)(F)F.F[C-](F)F.Fc1[c-]c(F)c(F)c(F)c1F.[Au].[Au].[CH3-].[CH3-].[CH3-].[CH3-]. The third-order valence-corrected chi connectivity index (χ3v) is 0.990. The normalized spacial score (nSPS) is 8.04. The second kappa shape index (κ2) is 23.0. The van der Waals surface area contributed by atoms with Crippen LogP contribution in [0.3, 0.4) is 0 Å². The van der Waals surface area contributed by atoms with Gasteiger partial charge >= 0.3 is 6.18 Å². The Bertz CT molecular complexity index is 389. The standard InChI is InChI=1S/C6F5.C2H3F3.CF3.4CH3.2Au/c7-2-1-3(8)5(10)6(11)4(2)9;1-2(3,4)5;2-1(3)4;;;;;;/h;1H3;;4*1H3;;/q-1;;5*-1;;. The summed E-state index contributed by atoms with van der Waals surface area (Å²) in [6.45, 7) is -2.90. The molecule has 13 heteroatoms. The van der Waals surface area contributed by atoms with Crippen LogP contribution < -0.4 is 0 Å². The van der Waals surface area contributed by atoms with Crippen LogP contribution in [0.15, 0.2) is 0 Å². The average Bonchev–Trinajstić information content (AvgIpc) is 2.20. The molecule has 0 spiro atoms. The fraction of sp³-hybridized carbons (Fsp3) is 0.154. The maximum Gasteiger partial charge on any atom is 0.386 e. The van der Waals surface area contributed by atoms with E-state index in [0.717, 1.165) is 6.07 Å². The van der Waals surface area contributed by atoms with Crippen molar-refractivity contribution < 1.29 is 93.1 Å². The maximum atomic E-state index is 12.0. The molecule has 0 saturated heterocycles. The molecule has 0 unspecified atom stereocenters. The zero-order valence-electron chi connectivity index (χ0n) is 13.8. The van der Waals surface area contributed by atoms with E-state index in [1.807, 2.05) is 0 Å². The number of halogens is 11. The Labute approximate surface area is 177 Å². The van der Waals surface area contributed by atoms with Crippen LogP contribution in [0, 0.1) is 71.5 Å². The van der Waals surface area contributed by atoms with Gasteiger partial charge in [-0.05, 0) is 0 Å². The largest absolute Gasteiger partial charge is 0.386 e. The molecule has 0 heterocycles. The van der Waals surface area contributed by atoms with Crippen molar-refractivity contribution in [3.05, 3.63) is 71.5 Å². The smallest absolute Gasteiger partial charge is 0.385 e. The van der Waals surface area contributed by atoms with Gasteiger partial charge in [0.15, 0.2) is 6.68 Å². The van der Waals surface area contributed by atoms with Gasteiger partial charge in [0.25, 0.3) is 0 Å². The zero-order chi connectivity index (χ0) is 16.7. The number of alkyl halides is 3. The van der Waals surface area contributed by atoms with Gasteiger partial charge in [0.2, 0.25) is 0 Å². The Morgan fingerprint density at radius 2 is 0.808 bits per heavy atom. The van der Waals surface area contributed by atoms with Crippen molar-refractivity contribution in [3.63, 3.8) is 0 Å². The number of rotatable bonds is 0. The second-order valence-electron chi connectivity index (χ2n) is 2.69. The van der Waals surface area contributed by atoms with Crippen LogP contribution in [0.5, 0.6) is 0 Å². The molecule has 0 bridgehead atoms. The molecule has 1 rings (SSSR count). The number of hydrogen-bond acceptors (Lipinski definition) is 0. The first-order valence-electron chi connectivity index (χ1n) is 4.08. The molecule has 1 aromatic rings. The van der Waals surface area contributed by atoms with Crippen LogP contribution in [0.4, 0.5) is 48.3 Å². The summed E-state index contributed by atoms with van der Waals surface area (Å²) in [5, 5.41) is 0. The van der Waals surface area contributed by atoms with Crippen molar-refractivity contribution in [1.29, 1.82) is 0 Å². The Kier molecular flexibility index (Phi) is 44.3. The van der Waals surface area contributed by atoms with Crippen molar-refractivity contribution in [2.45, 2.75) is 13.1 Å². The molecule has 0 N–H and O–H groups in total. The summed E-state index contributed by atoms with van der Waals surface area (Å²) in [6, 6.07) is 1.02. The van der Waals surface area contributed by atoms with Gasteiger partial charge in [-0.2, -0.15) is 13.2 Å². The Hall–Kier alpha value is -0.0695. The number of hydrogen-bond donors (Lipinski definition) is 0. The van der Waals surface area contributed by atoms with Gasteiger partial charge in [0.05, 0.1) is 29.1 Å². The van der Waals surface area contributed by atoms with E-state index in [4.69, 9.17) is 0 Å². The van der Waals surface area contributed by atoms with Gasteiger partial charge in [-0.3, -0.25) is 8.78 Å². The van der Waals surface area contributed by atoms with E-state index in [0.29, 0.717) is 0 Å². The number of benzene rings is 1. The van der Waals surface area contributed by atoms with E-state index in [2.05, 4.69) is 0 Å². The van der Waals surface area contributed by atoms with E-state index in [1.54, 1.807) is 0 Å². The summed E-state index contributed by atoms with van der Waals surface area (Å²) < 4.78 is 120. The molecule has 0 fully saturated rings. The zero-order valence-corrected chi connectivity index (χ0v) is 18.1. The molecule has 0 nitrogen and oxygen atoms in total. The summed E-state index contributed by atoms with van der Waals surface area (Å²) in [4.78, 5) is 0. The minimum atomic E-state index is -4.00. The fourth-order valence-electron chi connectivity index (χ4n) is 0.495. The van der Waals surface area contributed by atoms with Gasteiger partial charge in [-0.25, -0.2) is 13.2 Å². The van der Waals surface area contributed by atoms with Crippen LogP contribution in [-0.4, -0.2) is 6.18 Å². The Balaban J connectivity index is -0.0000000318. The average molecular weight is 774 g/mol. The van der Waals surface area contributed by atoms with Crippen molar-refractivity contribution >= 4 is 0 Å². The van der Waals surface area contributed by atoms with E-state index in [1.165, 1.54) is 0 Å².